The van der Waals surface area contributed by atoms with Crippen molar-refractivity contribution in [2.24, 2.45) is 5.41 Å². The summed E-state index contributed by atoms with van der Waals surface area (Å²) in [7, 11) is 0. The molecule has 0 aliphatic carbocycles. The summed E-state index contributed by atoms with van der Waals surface area (Å²) in [5, 5.41) is 9.54. The summed E-state index contributed by atoms with van der Waals surface area (Å²) in [5.74, 6) is 1.59. The Morgan fingerprint density at radius 2 is 1.68 bits per heavy atom. The Bertz CT molecular complexity index is 475. The van der Waals surface area contributed by atoms with Gasteiger partial charge in [0.2, 0.25) is 0 Å². The zero-order valence-electron chi connectivity index (χ0n) is 12.5. The second kappa shape index (κ2) is 4.71. The Kier molecular flexibility index (Phi) is 3.52. The molecule has 0 aromatic heterocycles. The summed E-state index contributed by atoms with van der Waals surface area (Å²) in [6.45, 7) is 11.8. The van der Waals surface area contributed by atoms with Crippen molar-refractivity contribution in [3.8, 4) is 11.5 Å². The second-order valence-electron chi connectivity index (χ2n) is 6.90. The number of fused-ring (bicyclic) bond motifs is 1. The second-order valence-corrected chi connectivity index (χ2v) is 6.90. The summed E-state index contributed by atoms with van der Waals surface area (Å²) >= 11 is 0. The van der Waals surface area contributed by atoms with Crippen LogP contribution in [0.3, 0.4) is 0 Å². The lowest BCUT2D eigenvalue weighted by molar-refractivity contribution is 0.140. The van der Waals surface area contributed by atoms with E-state index in [2.05, 4.69) is 13.8 Å². The van der Waals surface area contributed by atoms with Gasteiger partial charge >= 0.3 is 0 Å². The van der Waals surface area contributed by atoms with Crippen molar-refractivity contribution >= 4 is 0 Å². The SMILES string of the molecule is Cc1cc2c(cc1C(C)(C)CO)OCC(C)(C)CO2. The Morgan fingerprint density at radius 1 is 1.16 bits per heavy atom. The quantitative estimate of drug-likeness (QED) is 0.892. The Morgan fingerprint density at radius 3 is 2.21 bits per heavy atom. The van der Waals surface area contributed by atoms with Crippen molar-refractivity contribution in [3.63, 3.8) is 0 Å². The molecule has 3 heteroatoms. The predicted octanol–water partition coefficient (Wildman–Crippen LogP) is 3.06. The predicted molar refractivity (Wildman–Crippen MR) is 76.1 cm³/mol. The monoisotopic (exact) mass is 264 g/mol. The number of benzene rings is 1. The summed E-state index contributed by atoms with van der Waals surface area (Å²) in [5.41, 5.74) is 1.97. The van der Waals surface area contributed by atoms with Crippen LogP contribution in [-0.4, -0.2) is 24.9 Å². The first-order chi connectivity index (χ1) is 8.75. The van der Waals surface area contributed by atoms with E-state index in [0.717, 1.165) is 22.6 Å². The molecule has 0 atom stereocenters. The standard InChI is InChI=1S/C16H24O3/c1-11-6-13-14(7-12(11)16(4,5)8-17)19-10-15(2,3)9-18-13/h6-7,17H,8-10H2,1-5H3. The smallest absolute Gasteiger partial charge is 0.161 e. The molecule has 1 aliphatic heterocycles. The third-order valence-corrected chi connectivity index (χ3v) is 3.65. The molecule has 106 valence electrons. The minimum absolute atomic E-state index is 0.0135. The summed E-state index contributed by atoms with van der Waals surface area (Å²) in [4.78, 5) is 0. The van der Waals surface area contributed by atoms with Crippen LogP contribution in [0.1, 0.15) is 38.8 Å². The zero-order chi connectivity index (χ0) is 14.3. The summed E-state index contributed by atoms with van der Waals surface area (Å²) in [6.07, 6.45) is 0. The fourth-order valence-electron chi connectivity index (χ4n) is 2.29. The van der Waals surface area contributed by atoms with Gasteiger partial charge in [0.05, 0.1) is 19.8 Å². The first-order valence-electron chi connectivity index (χ1n) is 6.77. The molecule has 0 unspecified atom stereocenters. The highest BCUT2D eigenvalue weighted by Gasteiger charge is 2.28. The number of rotatable bonds is 2. The van der Waals surface area contributed by atoms with E-state index in [1.54, 1.807) is 0 Å². The van der Waals surface area contributed by atoms with Crippen molar-refractivity contribution in [1.82, 2.24) is 0 Å². The van der Waals surface area contributed by atoms with Crippen molar-refractivity contribution in [2.45, 2.75) is 40.0 Å². The lowest BCUT2D eigenvalue weighted by Gasteiger charge is -2.25. The maximum atomic E-state index is 9.54. The highest BCUT2D eigenvalue weighted by atomic mass is 16.5. The van der Waals surface area contributed by atoms with Crippen molar-refractivity contribution < 1.29 is 14.6 Å². The number of hydrogen-bond donors (Lipinski definition) is 1. The van der Waals surface area contributed by atoms with Gasteiger partial charge in [0.25, 0.3) is 0 Å². The fraction of sp³-hybridized carbons (Fsp3) is 0.625. The Balaban J connectivity index is 2.42. The van der Waals surface area contributed by atoms with Gasteiger partial charge < -0.3 is 14.6 Å². The van der Waals surface area contributed by atoms with Crippen molar-refractivity contribution in [1.29, 1.82) is 0 Å². The van der Waals surface area contributed by atoms with Crippen LogP contribution in [0, 0.1) is 12.3 Å². The van der Waals surface area contributed by atoms with E-state index in [-0.39, 0.29) is 17.4 Å². The molecular formula is C16H24O3. The van der Waals surface area contributed by atoms with Crippen LogP contribution >= 0.6 is 0 Å². The summed E-state index contributed by atoms with van der Waals surface area (Å²) < 4.78 is 11.8. The van der Waals surface area contributed by atoms with E-state index in [1.165, 1.54) is 0 Å². The first kappa shape index (κ1) is 14.2. The van der Waals surface area contributed by atoms with Gasteiger partial charge in [-0.15, -0.1) is 0 Å². The molecule has 3 nitrogen and oxygen atoms in total. The van der Waals surface area contributed by atoms with E-state index in [9.17, 15) is 5.11 Å². The highest BCUT2D eigenvalue weighted by molar-refractivity contribution is 5.49. The average molecular weight is 264 g/mol. The largest absolute Gasteiger partial charge is 0.489 e. The van der Waals surface area contributed by atoms with Crippen LogP contribution in [0.4, 0.5) is 0 Å². The van der Waals surface area contributed by atoms with Crippen LogP contribution in [0.2, 0.25) is 0 Å². The van der Waals surface area contributed by atoms with Gasteiger partial charge in [0.15, 0.2) is 11.5 Å². The molecule has 0 fully saturated rings. The third-order valence-electron chi connectivity index (χ3n) is 3.65. The molecule has 0 amide bonds. The highest BCUT2D eigenvalue weighted by Crippen LogP contribution is 2.39. The molecule has 19 heavy (non-hydrogen) atoms. The molecule has 0 spiro atoms. The molecule has 2 rings (SSSR count). The van der Waals surface area contributed by atoms with Crippen molar-refractivity contribution in [2.75, 3.05) is 19.8 Å². The van der Waals surface area contributed by atoms with Gasteiger partial charge in [-0.3, -0.25) is 0 Å². The average Bonchev–Trinajstić information content (AvgIpc) is 2.48. The number of aryl methyl sites for hydroxylation is 1. The molecule has 0 saturated heterocycles. The molecule has 1 aromatic rings. The molecule has 1 aliphatic rings. The first-order valence-corrected chi connectivity index (χ1v) is 6.77. The Labute approximate surface area is 115 Å². The molecular weight excluding hydrogens is 240 g/mol. The van der Waals surface area contributed by atoms with Crippen LogP contribution < -0.4 is 9.47 Å². The number of ether oxygens (including phenoxy) is 2. The molecule has 1 aromatic carbocycles. The number of aliphatic hydroxyl groups excluding tert-OH is 1. The molecule has 0 bridgehead atoms. The van der Waals surface area contributed by atoms with Gasteiger partial charge in [0.1, 0.15) is 0 Å². The van der Waals surface area contributed by atoms with Gasteiger partial charge in [-0.05, 0) is 30.2 Å². The van der Waals surface area contributed by atoms with E-state index in [0.29, 0.717) is 13.2 Å². The van der Waals surface area contributed by atoms with E-state index in [1.807, 2.05) is 32.9 Å². The molecule has 1 N–H and O–H groups in total. The molecule has 0 radical (unpaired) electrons. The lowest BCUT2D eigenvalue weighted by Crippen LogP contribution is -2.26. The minimum atomic E-state index is -0.274. The van der Waals surface area contributed by atoms with E-state index < -0.39 is 0 Å². The Hall–Kier alpha value is -1.22. The number of aliphatic hydroxyl groups is 1. The minimum Gasteiger partial charge on any atom is -0.489 e. The topological polar surface area (TPSA) is 38.7 Å². The zero-order valence-corrected chi connectivity index (χ0v) is 12.5. The van der Waals surface area contributed by atoms with Gasteiger partial charge in [0, 0.05) is 10.8 Å². The lowest BCUT2D eigenvalue weighted by atomic mass is 9.82. The van der Waals surface area contributed by atoms with Crippen molar-refractivity contribution in [3.05, 3.63) is 23.3 Å². The molecule has 1 heterocycles. The van der Waals surface area contributed by atoms with Crippen LogP contribution in [0.5, 0.6) is 11.5 Å². The maximum Gasteiger partial charge on any atom is 0.161 e. The molecule has 0 saturated carbocycles. The third kappa shape index (κ3) is 2.86. The van der Waals surface area contributed by atoms with Crippen LogP contribution in [-0.2, 0) is 5.41 Å². The van der Waals surface area contributed by atoms with E-state index >= 15 is 0 Å². The summed E-state index contributed by atoms with van der Waals surface area (Å²) in [6, 6.07) is 4.03. The van der Waals surface area contributed by atoms with Crippen LogP contribution in [0.15, 0.2) is 12.1 Å². The normalized spacial score (nSPS) is 18.0. The van der Waals surface area contributed by atoms with Gasteiger partial charge in [-0.25, -0.2) is 0 Å². The number of hydrogen-bond acceptors (Lipinski definition) is 3. The van der Waals surface area contributed by atoms with Gasteiger partial charge in [-0.2, -0.15) is 0 Å². The van der Waals surface area contributed by atoms with Gasteiger partial charge in [-0.1, -0.05) is 27.7 Å². The maximum absolute atomic E-state index is 9.54. The van der Waals surface area contributed by atoms with Crippen LogP contribution in [0.25, 0.3) is 0 Å². The fourth-order valence-corrected chi connectivity index (χ4v) is 2.29. The van der Waals surface area contributed by atoms with E-state index in [4.69, 9.17) is 9.47 Å².